The Labute approximate surface area is 160 Å². The van der Waals surface area contributed by atoms with Crippen LogP contribution in [0.1, 0.15) is 36.9 Å². The fourth-order valence-corrected chi connectivity index (χ4v) is 4.21. The van der Waals surface area contributed by atoms with Crippen LogP contribution in [-0.2, 0) is 11.2 Å². The zero-order valence-electron chi connectivity index (χ0n) is 15.8. The van der Waals surface area contributed by atoms with Gasteiger partial charge in [-0.2, -0.15) is 0 Å². The predicted molar refractivity (Wildman–Crippen MR) is 108 cm³/mol. The third-order valence-corrected chi connectivity index (χ3v) is 5.72. The lowest BCUT2D eigenvalue weighted by atomic mass is 9.87. The summed E-state index contributed by atoms with van der Waals surface area (Å²) in [4.78, 5) is 15.8. The van der Waals surface area contributed by atoms with Crippen molar-refractivity contribution in [1.29, 1.82) is 0 Å². The second-order valence-electron chi connectivity index (χ2n) is 7.52. The molecule has 5 nitrogen and oxygen atoms in total. The number of fused-ring (bicyclic) bond motifs is 1. The second-order valence-corrected chi connectivity index (χ2v) is 7.52. The summed E-state index contributed by atoms with van der Waals surface area (Å²) in [5.74, 6) is 0.490. The molecule has 0 saturated carbocycles. The normalized spacial score (nSPS) is 19.5. The quantitative estimate of drug-likeness (QED) is 0.873. The number of carbonyl (C=O) groups is 1. The summed E-state index contributed by atoms with van der Waals surface area (Å²) in [5, 5.41) is 13.6. The maximum Gasteiger partial charge on any atom is 0.219 e. The molecule has 5 heteroatoms. The number of amides is 1. The van der Waals surface area contributed by atoms with Gasteiger partial charge in [0.25, 0.3) is 0 Å². The van der Waals surface area contributed by atoms with E-state index in [0.717, 1.165) is 51.1 Å². The summed E-state index contributed by atoms with van der Waals surface area (Å²) in [7, 11) is 0. The third-order valence-electron chi connectivity index (χ3n) is 5.72. The molecule has 0 aromatic heterocycles. The Balaban J connectivity index is 1.48. The maximum atomic E-state index is 11.5. The molecule has 27 heavy (non-hydrogen) atoms. The van der Waals surface area contributed by atoms with E-state index < -0.39 is 0 Å². The molecule has 1 fully saturated rings. The van der Waals surface area contributed by atoms with Crippen LogP contribution in [0.25, 0.3) is 0 Å². The summed E-state index contributed by atoms with van der Waals surface area (Å²) >= 11 is 0. The van der Waals surface area contributed by atoms with Crippen LogP contribution in [0.5, 0.6) is 5.75 Å². The van der Waals surface area contributed by atoms with E-state index in [1.54, 1.807) is 13.0 Å². The van der Waals surface area contributed by atoms with E-state index in [1.807, 2.05) is 17.0 Å². The van der Waals surface area contributed by atoms with Crippen molar-refractivity contribution in [3.8, 4) is 5.75 Å². The van der Waals surface area contributed by atoms with E-state index in [0.29, 0.717) is 5.75 Å². The Bertz CT molecular complexity index is 828. The van der Waals surface area contributed by atoms with E-state index in [-0.39, 0.29) is 11.9 Å². The number of aromatic hydroxyl groups is 1. The molecule has 0 unspecified atom stereocenters. The van der Waals surface area contributed by atoms with Crippen molar-refractivity contribution in [1.82, 2.24) is 4.90 Å². The molecule has 0 spiro atoms. The Kier molecular flexibility index (Phi) is 4.92. The highest BCUT2D eigenvalue weighted by Crippen LogP contribution is 2.35. The minimum atomic E-state index is 0.157. The van der Waals surface area contributed by atoms with Crippen molar-refractivity contribution >= 4 is 17.3 Å². The van der Waals surface area contributed by atoms with Crippen molar-refractivity contribution in [2.24, 2.45) is 0 Å². The van der Waals surface area contributed by atoms with E-state index in [4.69, 9.17) is 0 Å². The second kappa shape index (κ2) is 7.51. The molecule has 2 aromatic rings. The molecule has 1 aliphatic heterocycles. The van der Waals surface area contributed by atoms with Gasteiger partial charge in [-0.05, 0) is 60.7 Å². The van der Waals surface area contributed by atoms with Gasteiger partial charge in [0.2, 0.25) is 5.91 Å². The van der Waals surface area contributed by atoms with Gasteiger partial charge in [0, 0.05) is 44.5 Å². The largest absolute Gasteiger partial charge is 0.508 e. The molecule has 1 heterocycles. The first-order valence-corrected chi connectivity index (χ1v) is 9.79. The summed E-state index contributed by atoms with van der Waals surface area (Å²) < 4.78 is 0. The van der Waals surface area contributed by atoms with E-state index in [9.17, 15) is 9.90 Å². The van der Waals surface area contributed by atoms with Crippen LogP contribution in [0.3, 0.4) is 0 Å². The highest BCUT2D eigenvalue weighted by Gasteiger charge is 2.22. The number of hydrogen-bond donors (Lipinski definition) is 2. The first-order valence-electron chi connectivity index (χ1n) is 9.79. The predicted octanol–water partition coefficient (Wildman–Crippen LogP) is 3.55. The first-order chi connectivity index (χ1) is 13.1. The van der Waals surface area contributed by atoms with E-state index >= 15 is 0 Å². The summed E-state index contributed by atoms with van der Waals surface area (Å²) in [6, 6.07) is 14.5. The molecule has 2 aromatic carbocycles. The highest BCUT2D eigenvalue weighted by molar-refractivity contribution is 5.73. The average Bonchev–Trinajstić information content (AvgIpc) is 2.69. The van der Waals surface area contributed by atoms with Gasteiger partial charge >= 0.3 is 0 Å². The van der Waals surface area contributed by atoms with Crippen LogP contribution in [-0.4, -0.2) is 42.1 Å². The fourth-order valence-electron chi connectivity index (χ4n) is 4.21. The maximum absolute atomic E-state index is 11.5. The van der Waals surface area contributed by atoms with Crippen molar-refractivity contribution in [2.75, 3.05) is 36.4 Å². The average molecular weight is 365 g/mol. The molecular weight excluding hydrogens is 338 g/mol. The monoisotopic (exact) mass is 365 g/mol. The molecular formula is C22H27N3O2. The van der Waals surface area contributed by atoms with Gasteiger partial charge in [0.05, 0.1) is 6.04 Å². The molecule has 0 bridgehead atoms. The Hall–Kier alpha value is -2.69. The minimum absolute atomic E-state index is 0.157. The number of hydrogen-bond acceptors (Lipinski definition) is 4. The number of nitrogens with one attached hydrogen (secondary N) is 1. The smallest absolute Gasteiger partial charge is 0.219 e. The van der Waals surface area contributed by atoms with Gasteiger partial charge in [-0.25, -0.2) is 0 Å². The zero-order valence-corrected chi connectivity index (χ0v) is 15.8. The lowest BCUT2D eigenvalue weighted by Crippen LogP contribution is -2.48. The van der Waals surface area contributed by atoms with Crippen LogP contribution in [0.4, 0.5) is 11.4 Å². The Morgan fingerprint density at radius 1 is 1.11 bits per heavy atom. The molecule has 142 valence electrons. The molecule has 1 aliphatic carbocycles. The molecule has 1 amide bonds. The van der Waals surface area contributed by atoms with Crippen LogP contribution < -0.4 is 10.2 Å². The zero-order chi connectivity index (χ0) is 18.8. The van der Waals surface area contributed by atoms with Crippen molar-refractivity contribution < 1.29 is 9.90 Å². The van der Waals surface area contributed by atoms with Gasteiger partial charge in [-0.15, -0.1) is 0 Å². The number of phenols is 1. The summed E-state index contributed by atoms with van der Waals surface area (Å²) in [6.45, 7) is 4.93. The van der Waals surface area contributed by atoms with Gasteiger partial charge in [-0.3, -0.25) is 4.79 Å². The summed E-state index contributed by atoms with van der Waals surface area (Å²) in [6.07, 6.45) is 3.30. The number of anilines is 2. The molecule has 1 atom stereocenters. The molecule has 2 aliphatic rings. The Morgan fingerprint density at radius 2 is 1.93 bits per heavy atom. The summed E-state index contributed by atoms with van der Waals surface area (Å²) in [5.41, 5.74) is 4.83. The number of carbonyl (C=O) groups excluding carboxylic acids is 1. The van der Waals surface area contributed by atoms with Crippen molar-refractivity contribution in [2.45, 2.75) is 32.2 Å². The number of piperazine rings is 1. The number of nitrogens with zero attached hydrogens (tertiary/aromatic N) is 2. The molecule has 2 N–H and O–H groups in total. The SMILES string of the molecule is CC(=O)N1CCN(c2cccc(N[C@@H]3CCCc4ccc(O)cc43)c2)CC1. The van der Waals surface area contributed by atoms with E-state index in [2.05, 4.69) is 34.5 Å². The molecule has 0 radical (unpaired) electrons. The Morgan fingerprint density at radius 3 is 2.70 bits per heavy atom. The number of aryl methyl sites for hydroxylation is 1. The fraction of sp³-hybridized carbons (Fsp3) is 0.409. The number of rotatable bonds is 3. The van der Waals surface area contributed by atoms with Gasteiger partial charge in [0.15, 0.2) is 0 Å². The van der Waals surface area contributed by atoms with Crippen molar-refractivity contribution in [3.63, 3.8) is 0 Å². The van der Waals surface area contributed by atoms with Crippen LogP contribution in [0, 0.1) is 0 Å². The van der Waals surface area contributed by atoms with Gasteiger partial charge in [0.1, 0.15) is 5.75 Å². The van der Waals surface area contributed by atoms with Gasteiger partial charge < -0.3 is 20.2 Å². The van der Waals surface area contributed by atoms with Crippen LogP contribution in [0.2, 0.25) is 0 Å². The number of phenolic OH excluding ortho intramolecular Hbond substituents is 1. The van der Waals surface area contributed by atoms with E-state index in [1.165, 1.54) is 16.8 Å². The molecule has 4 rings (SSSR count). The lowest BCUT2D eigenvalue weighted by Gasteiger charge is -2.36. The van der Waals surface area contributed by atoms with Gasteiger partial charge in [-0.1, -0.05) is 12.1 Å². The topological polar surface area (TPSA) is 55.8 Å². The highest BCUT2D eigenvalue weighted by atomic mass is 16.3. The van der Waals surface area contributed by atoms with Crippen LogP contribution in [0.15, 0.2) is 42.5 Å². The number of benzene rings is 2. The van der Waals surface area contributed by atoms with Crippen LogP contribution >= 0.6 is 0 Å². The lowest BCUT2D eigenvalue weighted by molar-refractivity contribution is -0.129. The van der Waals surface area contributed by atoms with Crippen molar-refractivity contribution in [3.05, 3.63) is 53.6 Å². The molecule has 1 saturated heterocycles. The first kappa shape index (κ1) is 17.7. The third kappa shape index (κ3) is 3.87. The standard InChI is InChI=1S/C22H27N3O2/c1-16(26)24-10-12-25(13-11-24)19-6-3-5-18(14-19)23-22-7-2-4-17-8-9-20(27)15-21(17)22/h3,5-6,8-9,14-15,22-23,27H,2,4,7,10-13H2,1H3/t22-/m1/s1. The minimum Gasteiger partial charge on any atom is -0.508 e.